The van der Waals surface area contributed by atoms with Gasteiger partial charge in [-0.25, -0.2) is 0 Å². The van der Waals surface area contributed by atoms with Gasteiger partial charge in [-0.1, -0.05) is 205 Å². The molecule has 0 radical (unpaired) electrons. The third-order valence-electron chi connectivity index (χ3n) is 9.44. The fourth-order valence-corrected chi connectivity index (χ4v) is 6.25. The number of rotatable bonds is 37. The van der Waals surface area contributed by atoms with Gasteiger partial charge in [-0.05, 0) is 32.1 Å². The van der Waals surface area contributed by atoms with E-state index in [-0.39, 0.29) is 12.5 Å². The lowest BCUT2D eigenvalue weighted by Crippen LogP contribution is -2.45. The van der Waals surface area contributed by atoms with Crippen LogP contribution >= 0.6 is 0 Å². The fourth-order valence-electron chi connectivity index (χ4n) is 6.25. The van der Waals surface area contributed by atoms with Crippen LogP contribution in [0.1, 0.15) is 219 Å². The van der Waals surface area contributed by atoms with Gasteiger partial charge < -0.3 is 15.5 Å². The summed E-state index contributed by atoms with van der Waals surface area (Å²) in [5.74, 6) is -0.0717. The predicted molar refractivity (Wildman–Crippen MR) is 202 cm³/mol. The summed E-state index contributed by atoms with van der Waals surface area (Å²) in [6.07, 6.45) is 48.5. The molecule has 2 atom stereocenters. The number of aliphatic hydroxyl groups is 2. The maximum Gasteiger partial charge on any atom is 0.220 e. The minimum atomic E-state index is -0.857. The van der Waals surface area contributed by atoms with Crippen molar-refractivity contribution in [1.29, 1.82) is 0 Å². The molecule has 0 saturated heterocycles. The van der Waals surface area contributed by atoms with E-state index < -0.39 is 12.1 Å². The first-order valence-corrected chi connectivity index (χ1v) is 20.6. The zero-order valence-corrected chi connectivity index (χ0v) is 31.1. The molecule has 0 spiro atoms. The van der Waals surface area contributed by atoms with Gasteiger partial charge in [-0.3, -0.25) is 4.79 Å². The van der Waals surface area contributed by atoms with Gasteiger partial charge in [0.15, 0.2) is 0 Å². The van der Waals surface area contributed by atoms with Crippen LogP contribution < -0.4 is 5.32 Å². The van der Waals surface area contributed by atoms with Crippen molar-refractivity contribution >= 4 is 5.91 Å². The highest BCUT2D eigenvalue weighted by Crippen LogP contribution is 2.15. The molecule has 272 valence electrons. The van der Waals surface area contributed by atoms with Crippen molar-refractivity contribution in [1.82, 2.24) is 5.32 Å². The molecule has 0 aromatic carbocycles. The molecule has 2 unspecified atom stereocenters. The Morgan fingerprint density at radius 3 is 1.26 bits per heavy atom. The Morgan fingerprint density at radius 2 is 0.848 bits per heavy atom. The highest BCUT2D eigenvalue weighted by Gasteiger charge is 2.17. The van der Waals surface area contributed by atoms with Crippen LogP contribution in [0.25, 0.3) is 0 Å². The molecular formula is C42H81NO3. The SMILES string of the molecule is CCCCCCCCCCCCCC/C=C/CC/C=C/C(O)C(CO)NC(=O)CCCCCCCCCCCCCCCCCC. The van der Waals surface area contributed by atoms with Crippen molar-refractivity contribution in [3.05, 3.63) is 24.3 Å². The first-order valence-electron chi connectivity index (χ1n) is 20.6. The number of allylic oxidation sites excluding steroid dienone is 3. The van der Waals surface area contributed by atoms with Gasteiger partial charge >= 0.3 is 0 Å². The number of aliphatic hydroxyl groups excluding tert-OH is 2. The number of carbonyl (C=O) groups excluding carboxylic acids is 1. The van der Waals surface area contributed by atoms with Crippen molar-refractivity contribution in [3.8, 4) is 0 Å². The van der Waals surface area contributed by atoms with Crippen LogP contribution in [0.3, 0.4) is 0 Å². The zero-order chi connectivity index (χ0) is 33.6. The number of carbonyl (C=O) groups is 1. The molecule has 3 N–H and O–H groups in total. The van der Waals surface area contributed by atoms with E-state index in [1.165, 1.54) is 167 Å². The highest BCUT2D eigenvalue weighted by atomic mass is 16.3. The fraction of sp³-hybridized carbons (Fsp3) is 0.881. The molecule has 0 bridgehead atoms. The topological polar surface area (TPSA) is 69.6 Å². The predicted octanol–water partition coefficient (Wildman–Crippen LogP) is 12.5. The first kappa shape index (κ1) is 44.9. The second kappa shape index (κ2) is 38.3. The molecule has 0 aliphatic heterocycles. The molecule has 1 amide bonds. The zero-order valence-electron chi connectivity index (χ0n) is 31.1. The third-order valence-corrected chi connectivity index (χ3v) is 9.44. The van der Waals surface area contributed by atoms with Gasteiger partial charge in [0.05, 0.1) is 18.8 Å². The van der Waals surface area contributed by atoms with E-state index in [0.717, 1.165) is 32.1 Å². The van der Waals surface area contributed by atoms with Crippen LogP contribution in [0, 0.1) is 0 Å². The van der Waals surface area contributed by atoms with Crippen LogP contribution in [-0.4, -0.2) is 34.9 Å². The van der Waals surface area contributed by atoms with Crippen molar-refractivity contribution in [3.63, 3.8) is 0 Å². The second-order valence-corrected chi connectivity index (χ2v) is 14.1. The van der Waals surface area contributed by atoms with Crippen LogP contribution in [-0.2, 0) is 4.79 Å². The molecule has 0 aliphatic carbocycles. The van der Waals surface area contributed by atoms with E-state index in [4.69, 9.17) is 0 Å². The molecule has 0 fully saturated rings. The lowest BCUT2D eigenvalue weighted by Gasteiger charge is -2.19. The largest absolute Gasteiger partial charge is 0.394 e. The Bertz CT molecular complexity index is 661. The van der Waals surface area contributed by atoms with E-state index in [1.54, 1.807) is 6.08 Å². The monoisotopic (exact) mass is 648 g/mol. The Hall–Kier alpha value is -1.13. The molecule has 46 heavy (non-hydrogen) atoms. The van der Waals surface area contributed by atoms with Gasteiger partial charge in [0, 0.05) is 6.42 Å². The van der Waals surface area contributed by atoms with Crippen LogP contribution in [0.5, 0.6) is 0 Å². The van der Waals surface area contributed by atoms with E-state index in [1.807, 2.05) is 6.08 Å². The number of unbranched alkanes of at least 4 members (excludes halogenated alkanes) is 28. The number of hydrogen-bond acceptors (Lipinski definition) is 3. The summed E-state index contributed by atoms with van der Waals surface area (Å²) in [6, 6.07) is -0.633. The van der Waals surface area contributed by atoms with E-state index in [2.05, 4.69) is 31.3 Å². The van der Waals surface area contributed by atoms with Gasteiger partial charge in [0.1, 0.15) is 0 Å². The lowest BCUT2D eigenvalue weighted by atomic mass is 10.0. The molecule has 4 nitrogen and oxygen atoms in total. The maximum atomic E-state index is 12.3. The van der Waals surface area contributed by atoms with E-state index in [0.29, 0.717) is 6.42 Å². The second-order valence-electron chi connectivity index (χ2n) is 14.1. The number of amides is 1. The van der Waals surface area contributed by atoms with Gasteiger partial charge in [-0.2, -0.15) is 0 Å². The van der Waals surface area contributed by atoms with Crippen molar-refractivity contribution < 1.29 is 15.0 Å². The summed E-state index contributed by atoms with van der Waals surface area (Å²) in [7, 11) is 0. The first-order chi connectivity index (χ1) is 22.7. The van der Waals surface area contributed by atoms with Gasteiger partial charge in [0.2, 0.25) is 5.91 Å². The summed E-state index contributed by atoms with van der Waals surface area (Å²) in [4.78, 5) is 12.3. The summed E-state index contributed by atoms with van der Waals surface area (Å²) >= 11 is 0. The van der Waals surface area contributed by atoms with Crippen molar-refractivity contribution in [2.45, 2.75) is 231 Å². The molecule has 0 aromatic rings. The van der Waals surface area contributed by atoms with Crippen LogP contribution in [0.2, 0.25) is 0 Å². The highest BCUT2D eigenvalue weighted by molar-refractivity contribution is 5.76. The smallest absolute Gasteiger partial charge is 0.220 e. The Morgan fingerprint density at radius 1 is 0.500 bits per heavy atom. The minimum absolute atomic E-state index is 0.0717. The molecule has 0 rings (SSSR count). The van der Waals surface area contributed by atoms with Crippen LogP contribution in [0.15, 0.2) is 24.3 Å². The van der Waals surface area contributed by atoms with E-state index in [9.17, 15) is 15.0 Å². The van der Waals surface area contributed by atoms with Crippen molar-refractivity contribution in [2.24, 2.45) is 0 Å². The number of hydrogen-bond donors (Lipinski definition) is 3. The Labute approximate surface area is 288 Å². The molecule has 0 aliphatic rings. The van der Waals surface area contributed by atoms with Crippen LogP contribution in [0.4, 0.5) is 0 Å². The number of nitrogens with one attached hydrogen (secondary N) is 1. The van der Waals surface area contributed by atoms with E-state index >= 15 is 0 Å². The van der Waals surface area contributed by atoms with Gasteiger partial charge in [-0.15, -0.1) is 0 Å². The maximum absolute atomic E-state index is 12.3. The third kappa shape index (κ3) is 34.2. The molecule has 4 heteroatoms. The molecule has 0 aromatic heterocycles. The summed E-state index contributed by atoms with van der Waals surface area (Å²) in [6.45, 7) is 4.30. The van der Waals surface area contributed by atoms with Gasteiger partial charge in [0.25, 0.3) is 0 Å². The average Bonchev–Trinajstić information content (AvgIpc) is 3.06. The average molecular weight is 648 g/mol. The molecule has 0 heterocycles. The molecule has 0 saturated carbocycles. The summed E-state index contributed by atoms with van der Waals surface area (Å²) in [5, 5.41) is 22.9. The Kier molecular flexibility index (Phi) is 37.4. The quantitative estimate of drug-likeness (QED) is 0.0464. The van der Waals surface area contributed by atoms with Crippen molar-refractivity contribution in [2.75, 3.05) is 6.61 Å². The normalized spacial score (nSPS) is 13.2. The summed E-state index contributed by atoms with van der Waals surface area (Å²) in [5.41, 5.74) is 0. The minimum Gasteiger partial charge on any atom is -0.394 e. The standard InChI is InChI=1S/C42H81NO3/c1-3-5-7-9-11-13-15-17-19-21-22-23-25-27-29-31-33-35-37-41(45)40(39-44)43-42(46)38-36-34-32-30-28-26-24-20-18-16-14-12-10-8-6-4-2/h27,29,35,37,40-41,44-45H,3-26,28,30-34,36,38-39H2,1-2H3,(H,43,46)/b29-27+,37-35+. The lowest BCUT2D eigenvalue weighted by molar-refractivity contribution is -0.123. The Balaban J connectivity index is 3.61. The summed E-state index contributed by atoms with van der Waals surface area (Å²) < 4.78 is 0. The molecular weight excluding hydrogens is 566 g/mol.